The van der Waals surface area contributed by atoms with Crippen LogP contribution in [-0.4, -0.2) is 22.4 Å². The molecule has 0 fully saturated rings. The van der Waals surface area contributed by atoms with Crippen molar-refractivity contribution in [2.75, 3.05) is 11.1 Å². The van der Waals surface area contributed by atoms with Crippen molar-refractivity contribution < 1.29 is 36.2 Å². The standard InChI is InChI=1S/C19H14F6N2O2S/c1-17(29,10-30-14-4-2-3-12(7-14)18(20,21)22)16(28)27-13-6-5-11(9-26)15(8-13)19(23,24)25/h2-8,29H,10H2,1H3,(H,27,28). The Morgan fingerprint density at radius 3 is 2.33 bits per heavy atom. The number of nitriles is 1. The lowest BCUT2D eigenvalue weighted by Gasteiger charge is -2.22. The number of amides is 1. The minimum absolute atomic E-state index is 0.149. The Bertz CT molecular complexity index is 980. The van der Waals surface area contributed by atoms with Crippen LogP contribution in [0.5, 0.6) is 0 Å². The predicted octanol–water partition coefficient (Wildman–Crippen LogP) is 5.08. The summed E-state index contributed by atoms with van der Waals surface area (Å²) in [5.74, 6) is -1.41. The van der Waals surface area contributed by atoms with E-state index in [9.17, 15) is 36.2 Å². The number of rotatable bonds is 5. The van der Waals surface area contributed by atoms with Crippen molar-refractivity contribution in [1.29, 1.82) is 5.26 Å². The first-order chi connectivity index (χ1) is 13.7. The molecule has 0 bridgehead atoms. The molecule has 2 aromatic carbocycles. The van der Waals surface area contributed by atoms with Gasteiger partial charge in [0.15, 0.2) is 0 Å². The van der Waals surface area contributed by atoms with E-state index in [1.54, 1.807) is 0 Å². The molecule has 30 heavy (non-hydrogen) atoms. The highest BCUT2D eigenvalue weighted by Gasteiger charge is 2.35. The lowest BCUT2D eigenvalue weighted by molar-refractivity contribution is -0.138. The molecule has 2 aromatic rings. The van der Waals surface area contributed by atoms with Gasteiger partial charge in [-0.3, -0.25) is 4.79 Å². The molecule has 1 unspecified atom stereocenters. The van der Waals surface area contributed by atoms with Crippen LogP contribution in [0.1, 0.15) is 23.6 Å². The molecule has 0 aliphatic carbocycles. The first-order valence-corrected chi connectivity index (χ1v) is 9.18. The van der Waals surface area contributed by atoms with Gasteiger partial charge in [-0.25, -0.2) is 0 Å². The van der Waals surface area contributed by atoms with Gasteiger partial charge in [-0.15, -0.1) is 11.8 Å². The van der Waals surface area contributed by atoms with Crippen molar-refractivity contribution in [3.8, 4) is 6.07 Å². The number of benzene rings is 2. The molecule has 4 nitrogen and oxygen atoms in total. The summed E-state index contributed by atoms with van der Waals surface area (Å²) in [4.78, 5) is 12.4. The minimum Gasteiger partial charge on any atom is -0.379 e. The second-order valence-electron chi connectivity index (χ2n) is 6.41. The number of hydrogen-bond donors (Lipinski definition) is 2. The van der Waals surface area contributed by atoms with E-state index in [0.29, 0.717) is 6.07 Å². The van der Waals surface area contributed by atoms with Gasteiger partial charge in [-0.2, -0.15) is 31.6 Å². The summed E-state index contributed by atoms with van der Waals surface area (Å²) in [5.41, 5.74) is -5.18. The van der Waals surface area contributed by atoms with Crippen LogP contribution in [-0.2, 0) is 17.1 Å². The largest absolute Gasteiger partial charge is 0.417 e. The molecule has 1 atom stereocenters. The van der Waals surface area contributed by atoms with E-state index in [4.69, 9.17) is 5.26 Å². The third-order valence-electron chi connectivity index (χ3n) is 3.87. The van der Waals surface area contributed by atoms with Gasteiger partial charge < -0.3 is 10.4 Å². The van der Waals surface area contributed by atoms with Gasteiger partial charge in [0.05, 0.1) is 22.8 Å². The molecular formula is C19H14F6N2O2S. The summed E-state index contributed by atoms with van der Waals surface area (Å²) >= 11 is 0.776. The number of carbonyl (C=O) groups is 1. The van der Waals surface area contributed by atoms with Crippen LogP contribution >= 0.6 is 11.8 Å². The number of aliphatic hydroxyl groups is 1. The van der Waals surface area contributed by atoms with Crippen LogP contribution in [0.15, 0.2) is 47.4 Å². The molecule has 2 N–H and O–H groups in total. The van der Waals surface area contributed by atoms with Crippen molar-refractivity contribution in [3.63, 3.8) is 0 Å². The lowest BCUT2D eigenvalue weighted by Crippen LogP contribution is -2.42. The van der Waals surface area contributed by atoms with Crippen molar-refractivity contribution in [2.45, 2.75) is 29.8 Å². The Kier molecular flexibility index (Phi) is 6.73. The number of nitrogens with one attached hydrogen (secondary N) is 1. The highest BCUT2D eigenvalue weighted by atomic mass is 32.2. The predicted molar refractivity (Wildman–Crippen MR) is 97.6 cm³/mol. The molecule has 2 rings (SSSR count). The Morgan fingerprint density at radius 1 is 1.10 bits per heavy atom. The maximum absolute atomic E-state index is 13.0. The zero-order chi connectivity index (χ0) is 22.7. The summed E-state index contributed by atoms with van der Waals surface area (Å²) in [7, 11) is 0. The van der Waals surface area contributed by atoms with Gasteiger partial charge in [0.2, 0.25) is 0 Å². The molecule has 1 amide bonds. The molecule has 0 aliphatic heterocycles. The summed E-state index contributed by atoms with van der Waals surface area (Å²) in [6, 6.07) is 8.18. The monoisotopic (exact) mass is 448 g/mol. The van der Waals surface area contributed by atoms with E-state index < -0.39 is 40.6 Å². The smallest absolute Gasteiger partial charge is 0.379 e. The maximum atomic E-state index is 13.0. The first-order valence-electron chi connectivity index (χ1n) is 8.19. The van der Waals surface area contributed by atoms with E-state index in [2.05, 4.69) is 5.32 Å². The molecule has 0 aromatic heterocycles. The molecule has 0 spiro atoms. The van der Waals surface area contributed by atoms with Crippen LogP contribution in [0.4, 0.5) is 32.0 Å². The van der Waals surface area contributed by atoms with Crippen LogP contribution in [0.25, 0.3) is 0 Å². The number of anilines is 1. The second-order valence-corrected chi connectivity index (χ2v) is 7.46. The average Bonchev–Trinajstić information content (AvgIpc) is 2.65. The van der Waals surface area contributed by atoms with E-state index in [-0.39, 0.29) is 16.3 Å². The van der Waals surface area contributed by atoms with E-state index in [1.807, 2.05) is 0 Å². The fourth-order valence-electron chi connectivity index (χ4n) is 2.27. The van der Waals surface area contributed by atoms with Gasteiger partial charge in [0.1, 0.15) is 5.60 Å². The highest BCUT2D eigenvalue weighted by molar-refractivity contribution is 7.99. The number of halogens is 6. The second kappa shape index (κ2) is 8.57. The zero-order valence-corrected chi connectivity index (χ0v) is 16.0. The average molecular weight is 448 g/mol. The molecule has 160 valence electrons. The fourth-order valence-corrected chi connectivity index (χ4v) is 3.24. The third kappa shape index (κ3) is 5.90. The third-order valence-corrected chi connectivity index (χ3v) is 5.17. The topological polar surface area (TPSA) is 73.1 Å². The van der Waals surface area contributed by atoms with Gasteiger partial charge in [0.25, 0.3) is 5.91 Å². The number of hydrogen-bond acceptors (Lipinski definition) is 4. The van der Waals surface area contributed by atoms with Crippen molar-refractivity contribution in [1.82, 2.24) is 0 Å². The first kappa shape index (κ1) is 23.6. The molecule has 11 heteroatoms. The van der Waals surface area contributed by atoms with Crippen LogP contribution in [0.2, 0.25) is 0 Å². The van der Waals surface area contributed by atoms with Gasteiger partial charge >= 0.3 is 12.4 Å². The zero-order valence-electron chi connectivity index (χ0n) is 15.2. The number of carbonyl (C=O) groups excluding carboxylic acids is 1. The fraction of sp³-hybridized carbons (Fsp3) is 0.263. The molecule has 0 radical (unpaired) electrons. The molecule has 0 aliphatic rings. The Balaban J connectivity index is 2.13. The van der Waals surface area contributed by atoms with E-state index in [0.717, 1.165) is 43.0 Å². The Morgan fingerprint density at radius 2 is 1.77 bits per heavy atom. The van der Waals surface area contributed by atoms with Crippen LogP contribution in [0, 0.1) is 11.3 Å². The summed E-state index contributed by atoms with van der Waals surface area (Å²) in [6.07, 6.45) is -9.38. The van der Waals surface area contributed by atoms with Crippen molar-refractivity contribution in [2.24, 2.45) is 0 Å². The Labute approximate surface area is 171 Å². The molecular weight excluding hydrogens is 434 g/mol. The normalized spacial score (nSPS) is 14.0. The summed E-state index contributed by atoms with van der Waals surface area (Å²) < 4.78 is 77.3. The SMILES string of the molecule is CC(O)(CSc1cccc(C(F)(F)F)c1)C(=O)Nc1ccc(C#N)c(C(F)(F)F)c1. The van der Waals surface area contributed by atoms with Crippen LogP contribution < -0.4 is 5.32 Å². The van der Waals surface area contributed by atoms with E-state index >= 15 is 0 Å². The maximum Gasteiger partial charge on any atom is 0.417 e. The van der Waals surface area contributed by atoms with Gasteiger partial charge in [-0.1, -0.05) is 6.07 Å². The number of alkyl halides is 6. The number of thioether (sulfide) groups is 1. The molecule has 0 heterocycles. The highest BCUT2D eigenvalue weighted by Crippen LogP contribution is 2.35. The van der Waals surface area contributed by atoms with Gasteiger partial charge in [0, 0.05) is 16.3 Å². The Hall–Kier alpha value is -2.71. The van der Waals surface area contributed by atoms with E-state index in [1.165, 1.54) is 18.2 Å². The minimum atomic E-state index is -4.83. The van der Waals surface area contributed by atoms with Crippen molar-refractivity contribution in [3.05, 3.63) is 59.2 Å². The molecule has 0 saturated heterocycles. The number of nitrogens with zero attached hydrogens (tertiary/aromatic N) is 1. The van der Waals surface area contributed by atoms with Crippen LogP contribution in [0.3, 0.4) is 0 Å². The summed E-state index contributed by atoms with van der Waals surface area (Å²) in [6.45, 7) is 1.08. The van der Waals surface area contributed by atoms with Gasteiger partial charge in [-0.05, 0) is 43.3 Å². The molecule has 0 saturated carbocycles. The summed E-state index contributed by atoms with van der Waals surface area (Å²) in [5, 5.41) is 21.2. The van der Waals surface area contributed by atoms with Crippen molar-refractivity contribution >= 4 is 23.4 Å². The quantitative estimate of drug-likeness (QED) is 0.495. The lowest BCUT2D eigenvalue weighted by atomic mass is 10.1.